The van der Waals surface area contributed by atoms with Crippen LogP contribution >= 0.6 is 23.2 Å². The maximum atomic E-state index is 13.7. The Labute approximate surface area is 263 Å². The van der Waals surface area contributed by atoms with Gasteiger partial charge in [-0.15, -0.1) is 6.58 Å². The molecular formula is C35H27Cl2N3O4. The fourth-order valence-electron chi connectivity index (χ4n) is 4.89. The van der Waals surface area contributed by atoms with Gasteiger partial charge in [0, 0.05) is 26.6 Å². The first-order chi connectivity index (χ1) is 21.4. The summed E-state index contributed by atoms with van der Waals surface area (Å²) in [7, 11) is 0. The molecule has 0 spiro atoms. The highest BCUT2D eigenvalue weighted by atomic mass is 35.5. The molecule has 2 heterocycles. The molecule has 2 aromatic heterocycles. The lowest BCUT2D eigenvalue weighted by Gasteiger charge is -2.17. The van der Waals surface area contributed by atoms with Crippen LogP contribution in [0.25, 0.3) is 33.5 Å². The number of halogens is 2. The molecule has 0 unspecified atom stereocenters. The molecule has 0 aliphatic heterocycles. The average molecular weight is 625 g/mol. The van der Waals surface area contributed by atoms with Crippen molar-refractivity contribution < 1.29 is 13.9 Å². The smallest absolute Gasteiger partial charge is 0.282 e. The quantitative estimate of drug-likeness (QED) is 0.113. The molecule has 0 bridgehead atoms. The van der Waals surface area contributed by atoms with E-state index in [0.29, 0.717) is 62.4 Å². The van der Waals surface area contributed by atoms with Crippen LogP contribution in [0.3, 0.4) is 0 Å². The van der Waals surface area contributed by atoms with Crippen LogP contribution in [0.4, 0.5) is 0 Å². The van der Waals surface area contributed by atoms with E-state index in [9.17, 15) is 4.79 Å². The van der Waals surface area contributed by atoms with Crippen LogP contribution in [-0.4, -0.2) is 22.5 Å². The largest absolute Gasteiger partial charge is 0.490 e. The summed E-state index contributed by atoms with van der Waals surface area (Å²) in [5, 5.41) is 7.02. The molecule has 0 atom stereocenters. The lowest BCUT2D eigenvalue weighted by molar-refractivity contribution is 0.267. The van der Waals surface area contributed by atoms with Gasteiger partial charge < -0.3 is 13.9 Å². The van der Waals surface area contributed by atoms with Crippen LogP contribution in [0.5, 0.6) is 11.5 Å². The number of hydrogen-bond acceptors (Lipinski definition) is 6. The number of hydrogen-bond donors (Lipinski definition) is 0. The van der Waals surface area contributed by atoms with Crippen LogP contribution < -0.4 is 15.0 Å². The molecule has 0 aliphatic rings. The number of fused-ring (bicyclic) bond motifs is 2. The summed E-state index contributed by atoms with van der Waals surface area (Å²) >= 11 is 12.4. The van der Waals surface area contributed by atoms with E-state index in [0.717, 1.165) is 16.5 Å². The molecule has 0 fully saturated rings. The first kappa shape index (κ1) is 29.2. The SMILES string of the molecule is C=CCc1cc(C=Nn2c(-c3cc4ccccc4o3)nc3ccccc3c2=O)cc(OCC)c1OCc1ccc(Cl)cc1Cl. The molecule has 7 nitrogen and oxygen atoms in total. The van der Waals surface area contributed by atoms with Crippen molar-refractivity contribution >= 4 is 51.3 Å². The zero-order chi connectivity index (χ0) is 30.6. The third kappa shape index (κ3) is 5.97. The third-order valence-electron chi connectivity index (χ3n) is 6.93. The molecule has 0 aliphatic carbocycles. The van der Waals surface area contributed by atoms with Gasteiger partial charge in [-0.05, 0) is 67.4 Å². The number of ether oxygens (including phenoxy) is 2. The molecule has 0 N–H and O–H groups in total. The Balaban J connectivity index is 1.43. The van der Waals surface area contributed by atoms with Crippen molar-refractivity contribution in [3.05, 3.63) is 135 Å². The number of aromatic nitrogens is 2. The van der Waals surface area contributed by atoms with Crippen molar-refractivity contribution in [3.8, 4) is 23.1 Å². The molecule has 0 amide bonds. The van der Waals surface area contributed by atoms with Gasteiger partial charge in [0.1, 0.15) is 12.2 Å². The maximum Gasteiger partial charge on any atom is 0.282 e. The highest BCUT2D eigenvalue weighted by Gasteiger charge is 2.18. The Bertz CT molecular complexity index is 2070. The highest BCUT2D eigenvalue weighted by molar-refractivity contribution is 6.35. The Morgan fingerprint density at radius 2 is 1.80 bits per heavy atom. The van der Waals surface area contributed by atoms with E-state index in [4.69, 9.17) is 42.1 Å². The topological polar surface area (TPSA) is 78.9 Å². The molecule has 6 aromatic rings. The van der Waals surface area contributed by atoms with Crippen molar-refractivity contribution in [1.29, 1.82) is 0 Å². The fraction of sp³-hybridized carbons (Fsp3) is 0.114. The van der Waals surface area contributed by atoms with Crippen LogP contribution in [-0.2, 0) is 13.0 Å². The number of benzene rings is 4. The molecule has 0 radical (unpaired) electrons. The molecule has 44 heavy (non-hydrogen) atoms. The van der Waals surface area contributed by atoms with Crippen molar-refractivity contribution in [2.24, 2.45) is 5.10 Å². The third-order valence-corrected chi connectivity index (χ3v) is 7.51. The van der Waals surface area contributed by atoms with Crippen LogP contribution in [0.2, 0.25) is 10.0 Å². The first-order valence-corrected chi connectivity index (χ1v) is 14.7. The fourth-order valence-corrected chi connectivity index (χ4v) is 5.35. The summed E-state index contributed by atoms with van der Waals surface area (Å²) in [6.45, 7) is 6.44. The normalized spacial score (nSPS) is 11.4. The number of furan rings is 1. The lowest BCUT2D eigenvalue weighted by atomic mass is 10.1. The molecular weight excluding hydrogens is 597 g/mol. The van der Waals surface area contributed by atoms with E-state index in [1.165, 1.54) is 4.68 Å². The van der Waals surface area contributed by atoms with E-state index in [-0.39, 0.29) is 18.0 Å². The van der Waals surface area contributed by atoms with Gasteiger partial charge in [0.15, 0.2) is 17.3 Å². The Morgan fingerprint density at radius 3 is 2.59 bits per heavy atom. The molecule has 0 saturated carbocycles. The Morgan fingerprint density at radius 1 is 0.977 bits per heavy atom. The van der Waals surface area contributed by atoms with Crippen molar-refractivity contribution in [2.45, 2.75) is 20.0 Å². The van der Waals surface area contributed by atoms with Crippen LogP contribution in [0.15, 0.2) is 112 Å². The summed E-state index contributed by atoms with van der Waals surface area (Å²) in [5.41, 5.74) is 3.23. The summed E-state index contributed by atoms with van der Waals surface area (Å²) in [5.74, 6) is 1.82. The minimum atomic E-state index is -0.321. The summed E-state index contributed by atoms with van der Waals surface area (Å²) < 4.78 is 19.6. The monoisotopic (exact) mass is 623 g/mol. The maximum absolute atomic E-state index is 13.7. The molecule has 9 heteroatoms. The average Bonchev–Trinajstić information content (AvgIpc) is 3.46. The summed E-state index contributed by atoms with van der Waals surface area (Å²) in [6, 6.07) is 25.7. The van der Waals surface area contributed by atoms with Gasteiger partial charge in [0.05, 0.1) is 23.7 Å². The van der Waals surface area contributed by atoms with Gasteiger partial charge in [0.2, 0.25) is 5.82 Å². The predicted octanol–water partition coefficient (Wildman–Crippen LogP) is 8.70. The highest BCUT2D eigenvalue weighted by Crippen LogP contribution is 2.35. The minimum Gasteiger partial charge on any atom is -0.490 e. The number of allylic oxidation sites excluding steroid dienone is 1. The second-order valence-corrected chi connectivity index (χ2v) is 10.8. The van der Waals surface area contributed by atoms with E-state index >= 15 is 0 Å². The first-order valence-electron chi connectivity index (χ1n) is 14.0. The minimum absolute atomic E-state index is 0.215. The Hall–Kier alpha value is -4.85. The molecule has 6 rings (SSSR count). The Kier molecular flexibility index (Phi) is 8.50. The van der Waals surface area contributed by atoms with Crippen molar-refractivity contribution in [3.63, 3.8) is 0 Å². The number of rotatable bonds is 10. The van der Waals surface area contributed by atoms with Gasteiger partial charge in [-0.1, -0.05) is 65.7 Å². The summed E-state index contributed by atoms with van der Waals surface area (Å²) in [6.07, 6.45) is 3.89. The predicted molar refractivity (Wildman–Crippen MR) is 177 cm³/mol. The van der Waals surface area contributed by atoms with Crippen molar-refractivity contribution in [2.75, 3.05) is 6.61 Å². The van der Waals surface area contributed by atoms with Gasteiger partial charge in [-0.25, -0.2) is 4.98 Å². The number of para-hydroxylation sites is 2. The van der Waals surface area contributed by atoms with Crippen LogP contribution in [0.1, 0.15) is 23.6 Å². The molecule has 4 aromatic carbocycles. The second-order valence-electron chi connectivity index (χ2n) is 9.92. The number of nitrogens with zero attached hydrogens (tertiary/aromatic N) is 3. The standard InChI is InChI=1S/C35H27Cl2N3O4/c1-3-9-24-16-22(17-31(42-4-2)33(24)43-21-25-14-15-26(36)19-28(25)37)20-38-40-34(32-18-23-10-5-8-13-30(23)44-32)39-29-12-7-6-11-27(29)35(40)41/h3,5-8,10-20H,1,4,9,21H2,2H3. The van der Waals surface area contributed by atoms with E-state index in [2.05, 4.69) is 11.7 Å². The van der Waals surface area contributed by atoms with E-state index in [1.807, 2.05) is 61.5 Å². The van der Waals surface area contributed by atoms with Gasteiger partial charge in [-0.3, -0.25) is 4.79 Å². The van der Waals surface area contributed by atoms with E-state index < -0.39 is 0 Å². The zero-order valence-corrected chi connectivity index (χ0v) is 25.3. The molecule has 220 valence electrons. The van der Waals surface area contributed by atoms with E-state index in [1.54, 1.807) is 42.6 Å². The van der Waals surface area contributed by atoms with Crippen molar-refractivity contribution in [1.82, 2.24) is 9.66 Å². The summed E-state index contributed by atoms with van der Waals surface area (Å²) in [4.78, 5) is 18.5. The lowest BCUT2D eigenvalue weighted by Crippen LogP contribution is -2.20. The molecule has 0 saturated heterocycles. The zero-order valence-electron chi connectivity index (χ0n) is 23.8. The van der Waals surface area contributed by atoms with Gasteiger partial charge in [-0.2, -0.15) is 9.78 Å². The second kappa shape index (κ2) is 12.8. The van der Waals surface area contributed by atoms with Gasteiger partial charge >= 0.3 is 0 Å². The van der Waals surface area contributed by atoms with Crippen LogP contribution in [0, 0.1) is 0 Å². The van der Waals surface area contributed by atoms with Gasteiger partial charge in [0.25, 0.3) is 5.56 Å².